The zero-order valence-electron chi connectivity index (χ0n) is 23.1. The van der Waals surface area contributed by atoms with E-state index in [1.807, 2.05) is 36.6 Å². The van der Waals surface area contributed by atoms with Crippen molar-refractivity contribution in [1.82, 2.24) is 5.32 Å². The Morgan fingerprint density at radius 1 is 1.26 bits per heavy atom. The number of carboxylic acids is 1. The molecule has 0 saturated carbocycles. The van der Waals surface area contributed by atoms with Crippen LogP contribution < -0.4 is 11.1 Å². The minimum atomic E-state index is -0.948. The predicted molar refractivity (Wildman–Crippen MR) is 161 cm³/mol. The largest absolute Gasteiger partial charge is 0.480 e. The molecule has 1 heterocycles. The van der Waals surface area contributed by atoms with Gasteiger partial charge >= 0.3 is 5.97 Å². The molecule has 1 aromatic carbocycles. The molecular weight excluding hydrogens is 543 g/mol. The van der Waals surface area contributed by atoms with E-state index in [1.165, 1.54) is 0 Å². The van der Waals surface area contributed by atoms with Gasteiger partial charge in [-0.3, -0.25) is 9.79 Å². The molecule has 4 N–H and O–H groups in total. The van der Waals surface area contributed by atoms with Crippen molar-refractivity contribution in [2.75, 3.05) is 24.3 Å². The summed E-state index contributed by atoms with van der Waals surface area (Å²) in [5.74, 6) is 0.0731. The van der Waals surface area contributed by atoms with E-state index in [-0.39, 0.29) is 22.9 Å². The first-order valence-electron chi connectivity index (χ1n) is 12.9. The number of nitrogens with two attached hydrogens (primary N) is 1. The van der Waals surface area contributed by atoms with Gasteiger partial charge in [-0.25, -0.2) is 4.79 Å². The van der Waals surface area contributed by atoms with Gasteiger partial charge in [-0.05, 0) is 43.8 Å². The predicted octanol–water partition coefficient (Wildman–Crippen LogP) is 4.41. The van der Waals surface area contributed by atoms with Crippen LogP contribution in [-0.4, -0.2) is 82.1 Å². The zero-order chi connectivity index (χ0) is 28.1. The maximum atomic E-state index is 12.6. The van der Waals surface area contributed by atoms with Gasteiger partial charge in [0.15, 0.2) is 0 Å². The highest BCUT2D eigenvalue weighted by Gasteiger charge is 2.35. The molecule has 0 unspecified atom stereocenters. The highest BCUT2D eigenvalue weighted by atomic mass is 33.1. The van der Waals surface area contributed by atoms with E-state index < -0.39 is 24.2 Å². The SMILES string of the molecule is CSCC[C@H](N=C(C)[C@H]1O[C@H](CNC(=O)[C@@H](N)CSSC(C)(C)C)CC[C@@H]1OCc1ccccc1)C(=O)O. The number of carbonyl (C=O) groups is 2. The molecular formula is C27H43N3O5S3. The number of nitrogens with one attached hydrogen (secondary N) is 1. The summed E-state index contributed by atoms with van der Waals surface area (Å²) in [6.45, 7) is 8.92. The highest BCUT2D eigenvalue weighted by Crippen LogP contribution is 2.35. The molecule has 1 fully saturated rings. The Balaban J connectivity index is 2.03. The van der Waals surface area contributed by atoms with Gasteiger partial charge in [0.05, 0.1) is 24.9 Å². The Kier molecular flexibility index (Phi) is 14.5. The number of ether oxygens (including phenoxy) is 2. The van der Waals surface area contributed by atoms with Crippen molar-refractivity contribution in [2.24, 2.45) is 10.7 Å². The van der Waals surface area contributed by atoms with E-state index in [2.05, 4.69) is 31.1 Å². The first kappa shape index (κ1) is 33.0. The van der Waals surface area contributed by atoms with Crippen LogP contribution in [0.2, 0.25) is 0 Å². The molecule has 1 amide bonds. The van der Waals surface area contributed by atoms with Gasteiger partial charge in [-0.15, -0.1) is 0 Å². The van der Waals surface area contributed by atoms with Crippen LogP contribution in [0.5, 0.6) is 0 Å². The second-order valence-electron chi connectivity index (χ2n) is 10.3. The molecule has 11 heteroatoms. The van der Waals surface area contributed by atoms with Crippen LogP contribution in [0.3, 0.4) is 0 Å². The molecule has 5 atom stereocenters. The average molecular weight is 586 g/mol. The monoisotopic (exact) mass is 585 g/mol. The van der Waals surface area contributed by atoms with Gasteiger partial charge in [0.2, 0.25) is 5.91 Å². The van der Waals surface area contributed by atoms with Crippen molar-refractivity contribution in [3.63, 3.8) is 0 Å². The summed E-state index contributed by atoms with van der Waals surface area (Å²) in [4.78, 5) is 28.9. The number of amides is 1. The third-order valence-corrected chi connectivity index (χ3v) is 9.82. The van der Waals surface area contributed by atoms with Crippen molar-refractivity contribution in [2.45, 2.75) is 88.7 Å². The second kappa shape index (κ2) is 16.8. The Morgan fingerprint density at radius 3 is 2.61 bits per heavy atom. The van der Waals surface area contributed by atoms with Crippen molar-refractivity contribution in [1.29, 1.82) is 0 Å². The molecule has 0 aliphatic carbocycles. The lowest BCUT2D eigenvalue weighted by molar-refractivity contribution is -0.138. The second-order valence-corrected chi connectivity index (χ2v) is 14.5. The van der Waals surface area contributed by atoms with E-state index in [1.54, 1.807) is 40.3 Å². The molecule has 0 bridgehead atoms. The normalized spacial score (nSPS) is 22.1. The number of rotatable bonds is 15. The molecule has 1 saturated heterocycles. The molecule has 2 rings (SSSR count). The van der Waals surface area contributed by atoms with Crippen LogP contribution in [0, 0.1) is 0 Å². The number of carboxylic acid groups (broad SMARTS) is 1. The number of thioether (sulfide) groups is 1. The van der Waals surface area contributed by atoms with Crippen molar-refractivity contribution in [3.8, 4) is 0 Å². The van der Waals surface area contributed by atoms with Gasteiger partial charge in [-0.1, -0.05) is 72.7 Å². The van der Waals surface area contributed by atoms with E-state index in [0.29, 0.717) is 49.6 Å². The fourth-order valence-electron chi connectivity index (χ4n) is 3.83. The van der Waals surface area contributed by atoms with Crippen LogP contribution >= 0.6 is 33.3 Å². The number of benzene rings is 1. The quantitative estimate of drug-likeness (QED) is 0.203. The van der Waals surface area contributed by atoms with Crippen molar-refractivity contribution >= 4 is 50.9 Å². The number of aliphatic carboxylic acids is 1. The molecule has 1 aromatic rings. The standard InChI is InChI=1S/C27H43N3O5S3/c1-18(30-22(26(32)33)13-14-36-5)24-23(34-16-19-9-7-6-8-10-19)12-11-20(35-24)15-29-25(31)21(28)17-37-38-27(2,3)4/h6-10,20-24H,11-17,28H2,1-5H3,(H,29,31)(H,32,33)/t20-,21-,22-,23-,24+/m0/s1. The van der Waals surface area contributed by atoms with Gasteiger partial charge in [0, 0.05) is 22.8 Å². The number of hydrogen-bond donors (Lipinski definition) is 3. The number of nitrogens with zero attached hydrogens (tertiary/aromatic N) is 1. The molecule has 1 aliphatic rings. The van der Waals surface area contributed by atoms with Crippen LogP contribution in [0.25, 0.3) is 0 Å². The summed E-state index contributed by atoms with van der Waals surface area (Å²) in [5.41, 5.74) is 7.74. The lowest BCUT2D eigenvalue weighted by atomic mass is 9.97. The molecule has 0 aromatic heterocycles. The number of aliphatic imine (C=N–C) groups is 1. The molecule has 0 spiro atoms. The summed E-state index contributed by atoms with van der Waals surface area (Å²) in [7, 11) is 3.30. The summed E-state index contributed by atoms with van der Waals surface area (Å²) < 4.78 is 12.7. The van der Waals surface area contributed by atoms with E-state index in [9.17, 15) is 14.7 Å². The summed E-state index contributed by atoms with van der Waals surface area (Å²) in [6, 6.07) is 8.46. The highest BCUT2D eigenvalue weighted by molar-refractivity contribution is 8.77. The Labute approximate surface area is 239 Å². The smallest absolute Gasteiger partial charge is 0.328 e. The van der Waals surface area contributed by atoms with Gasteiger partial charge in [0.1, 0.15) is 12.1 Å². The Hall–Kier alpha value is -1.24. The molecule has 8 nitrogen and oxygen atoms in total. The minimum Gasteiger partial charge on any atom is -0.480 e. The van der Waals surface area contributed by atoms with Gasteiger partial charge in [-0.2, -0.15) is 11.8 Å². The van der Waals surface area contributed by atoms with Crippen LogP contribution in [0.1, 0.15) is 52.5 Å². The first-order chi connectivity index (χ1) is 18.0. The molecule has 0 radical (unpaired) electrons. The van der Waals surface area contributed by atoms with Crippen molar-refractivity contribution in [3.05, 3.63) is 35.9 Å². The van der Waals surface area contributed by atoms with Crippen LogP contribution in [0.15, 0.2) is 35.3 Å². The summed E-state index contributed by atoms with van der Waals surface area (Å²) in [5, 5.41) is 12.6. The Morgan fingerprint density at radius 2 is 1.97 bits per heavy atom. The lowest BCUT2D eigenvalue weighted by Crippen LogP contribution is -2.50. The summed E-state index contributed by atoms with van der Waals surface area (Å²) in [6.07, 6.45) is 2.77. The minimum absolute atomic E-state index is 0.0966. The van der Waals surface area contributed by atoms with Crippen LogP contribution in [0.4, 0.5) is 0 Å². The van der Waals surface area contributed by atoms with E-state index in [4.69, 9.17) is 15.2 Å². The average Bonchev–Trinajstić information content (AvgIpc) is 2.88. The number of carbonyl (C=O) groups excluding carboxylic acids is 1. The number of hydrogen-bond acceptors (Lipinski definition) is 9. The van der Waals surface area contributed by atoms with Crippen LogP contribution in [-0.2, 0) is 25.7 Å². The third-order valence-electron chi connectivity index (χ3n) is 5.81. The fourth-order valence-corrected chi connectivity index (χ4v) is 6.71. The fraction of sp³-hybridized carbons (Fsp3) is 0.667. The summed E-state index contributed by atoms with van der Waals surface area (Å²) >= 11 is 1.59. The topological polar surface area (TPSA) is 123 Å². The van der Waals surface area contributed by atoms with E-state index >= 15 is 0 Å². The maximum Gasteiger partial charge on any atom is 0.328 e. The van der Waals surface area contributed by atoms with Gasteiger partial charge in [0.25, 0.3) is 0 Å². The molecule has 214 valence electrons. The third kappa shape index (κ3) is 12.3. The zero-order valence-corrected chi connectivity index (χ0v) is 25.5. The molecule has 1 aliphatic heterocycles. The van der Waals surface area contributed by atoms with E-state index in [0.717, 1.165) is 5.56 Å². The Bertz CT molecular complexity index is 898. The van der Waals surface area contributed by atoms with Gasteiger partial charge < -0.3 is 25.6 Å². The maximum absolute atomic E-state index is 12.6. The van der Waals surface area contributed by atoms with Crippen molar-refractivity contribution < 1.29 is 24.2 Å². The lowest BCUT2D eigenvalue weighted by Gasteiger charge is -2.37. The molecule has 38 heavy (non-hydrogen) atoms. The first-order valence-corrected chi connectivity index (χ1v) is 16.6.